The highest BCUT2D eigenvalue weighted by Gasteiger charge is 2.09. The number of ether oxygens (including phenoxy) is 1. The van der Waals surface area contributed by atoms with E-state index in [1.807, 2.05) is 12.1 Å². The number of quaternary nitrogens is 1. The summed E-state index contributed by atoms with van der Waals surface area (Å²) in [6, 6.07) is 5.95. The molecule has 0 saturated carbocycles. The van der Waals surface area contributed by atoms with Crippen LogP contribution in [0.15, 0.2) is 18.2 Å². The number of anilines is 1. The van der Waals surface area contributed by atoms with Crippen LogP contribution in [0.2, 0.25) is 0 Å². The van der Waals surface area contributed by atoms with Crippen LogP contribution in [0.1, 0.15) is 5.56 Å². The van der Waals surface area contributed by atoms with Gasteiger partial charge in [-0.1, -0.05) is 0 Å². The average Bonchev–Trinajstić information content (AvgIpc) is 2.01. The summed E-state index contributed by atoms with van der Waals surface area (Å²) >= 11 is 0. The maximum atomic E-state index is 5.82. The fourth-order valence-electron chi connectivity index (χ4n) is 1.43. The van der Waals surface area contributed by atoms with Gasteiger partial charge in [-0.3, -0.25) is 0 Å². The third-order valence-electron chi connectivity index (χ3n) is 1.95. The second-order valence-electron chi connectivity index (χ2n) is 4.52. The van der Waals surface area contributed by atoms with E-state index in [0.717, 1.165) is 16.8 Å². The van der Waals surface area contributed by atoms with Crippen molar-refractivity contribution in [2.24, 2.45) is 0 Å². The smallest absolute Gasteiger partial charge is 0.141 e. The van der Waals surface area contributed by atoms with Crippen LogP contribution in [-0.2, 0) is 6.54 Å². The summed E-state index contributed by atoms with van der Waals surface area (Å²) in [6.45, 7) is 0.966. The Morgan fingerprint density at radius 2 is 1.87 bits per heavy atom. The molecule has 0 fully saturated rings. The zero-order valence-corrected chi connectivity index (χ0v) is 10.5. The Morgan fingerprint density at radius 1 is 1.27 bits per heavy atom. The normalized spacial score (nSPS) is 10.7. The molecule has 1 aromatic carbocycles. The highest BCUT2D eigenvalue weighted by atomic mass is 35.5. The monoisotopic (exact) mass is 230 g/mol. The first-order chi connectivity index (χ1) is 6.42. The minimum absolute atomic E-state index is 0. The van der Waals surface area contributed by atoms with Gasteiger partial charge in [-0.15, -0.1) is 0 Å². The number of halogens is 1. The first-order valence-corrected chi connectivity index (χ1v) is 4.65. The van der Waals surface area contributed by atoms with Crippen LogP contribution in [0, 0.1) is 0 Å². The van der Waals surface area contributed by atoms with Crippen molar-refractivity contribution in [1.82, 2.24) is 0 Å². The largest absolute Gasteiger partial charge is 1.00 e. The van der Waals surface area contributed by atoms with Crippen LogP contribution >= 0.6 is 0 Å². The van der Waals surface area contributed by atoms with Crippen LogP contribution in [0.25, 0.3) is 0 Å². The van der Waals surface area contributed by atoms with Crippen molar-refractivity contribution < 1.29 is 21.6 Å². The summed E-state index contributed by atoms with van der Waals surface area (Å²) in [5.74, 6) is 0.746. The van der Waals surface area contributed by atoms with E-state index in [2.05, 4.69) is 27.2 Å². The quantitative estimate of drug-likeness (QED) is 0.506. The number of nitrogens with two attached hydrogens (primary N) is 1. The molecule has 0 aliphatic carbocycles. The van der Waals surface area contributed by atoms with Crippen LogP contribution in [0.5, 0.6) is 5.75 Å². The Bertz CT molecular complexity index is 321. The molecule has 0 saturated heterocycles. The van der Waals surface area contributed by atoms with Crippen LogP contribution < -0.4 is 22.9 Å². The van der Waals surface area contributed by atoms with Crippen molar-refractivity contribution in [3.8, 4) is 5.75 Å². The molecule has 0 aliphatic rings. The lowest BCUT2D eigenvalue weighted by molar-refractivity contribution is -0.884. The van der Waals surface area contributed by atoms with Gasteiger partial charge in [-0.05, 0) is 18.2 Å². The highest BCUT2D eigenvalue weighted by molar-refractivity contribution is 5.54. The number of nitrogens with zero attached hydrogens (tertiary/aromatic N) is 1. The molecule has 15 heavy (non-hydrogen) atoms. The van der Waals surface area contributed by atoms with Crippen molar-refractivity contribution in [2.45, 2.75) is 6.54 Å². The first-order valence-electron chi connectivity index (χ1n) is 4.65. The van der Waals surface area contributed by atoms with Crippen molar-refractivity contribution in [2.75, 3.05) is 34.0 Å². The Morgan fingerprint density at radius 3 is 2.27 bits per heavy atom. The van der Waals surface area contributed by atoms with Crippen LogP contribution in [0.3, 0.4) is 0 Å². The maximum absolute atomic E-state index is 5.82. The van der Waals surface area contributed by atoms with Crippen molar-refractivity contribution >= 4 is 5.69 Å². The van der Waals surface area contributed by atoms with Crippen molar-refractivity contribution in [3.63, 3.8) is 0 Å². The van der Waals surface area contributed by atoms with E-state index in [-0.39, 0.29) is 12.4 Å². The Hall–Kier alpha value is -0.930. The molecule has 0 bridgehead atoms. The van der Waals surface area contributed by atoms with E-state index < -0.39 is 0 Å². The van der Waals surface area contributed by atoms with E-state index in [4.69, 9.17) is 10.5 Å². The lowest BCUT2D eigenvalue weighted by atomic mass is 10.1. The second kappa shape index (κ2) is 5.24. The van der Waals surface area contributed by atoms with Gasteiger partial charge in [0.25, 0.3) is 0 Å². The van der Waals surface area contributed by atoms with E-state index in [1.165, 1.54) is 5.56 Å². The molecule has 86 valence electrons. The molecule has 0 heterocycles. The average molecular weight is 231 g/mol. The number of methoxy groups -OCH3 is 1. The minimum Gasteiger partial charge on any atom is -1.00 e. The molecule has 0 unspecified atom stereocenters. The van der Waals surface area contributed by atoms with Gasteiger partial charge >= 0.3 is 0 Å². The Labute approximate surface area is 97.8 Å². The standard InChI is InChI=1S/C11H19N2O.ClH/c1-13(2,3)8-9-5-6-11(14-4)10(12)7-9;/h5-7H,8,12H2,1-4H3;1H/q+1;/p-1. The van der Waals surface area contributed by atoms with Gasteiger partial charge < -0.3 is 27.4 Å². The van der Waals surface area contributed by atoms with Gasteiger partial charge in [0.2, 0.25) is 0 Å². The van der Waals surface area contributed by atoms with Gasteiger partial charge in [0.05, 0.1) is 33.9 Å². The fraction of sp³-hybridized carbons (Fsp3) is 0.455. The number of hydrogen-bond donors (Lipinski definition) is 1. The molecule has 0 aliphatic heterocycles. The fourth-order valence-corrected chi connectivity index (χ4v) is 1.43. The highest BCUT2D eigenvalue weighted by Crippen LogP contribution is 2.22. The molecule has 1 aromatic rings. The zero-order chi connectivity index (χ0) is 10.8. The van der Waals surface area contributed by atoms with Crippen LogP contribution in [-0.4, -0.2) is 32.7 Å². The van der Waals surface area contributed by atoms with Gasteiger partial charge in [-0.25, -0.2) is 0 Å². The zero-order valence-electron chi connectivity index (χ0n) is 9.75. The summed E-state index contributed by atoms with van der Waals surface area (Å²) in [4.78, 5) is 0. The molecule has 0 radical (unpaired) electrons. The van der Waals surface area contributed by atoms with E-state index in [1.54, 1.807) is 7.11 Å². The molecule has 2 N–H and O–H groups in total. The summed E-state index contributed by atoms with van der Waals surface area (Å²) in [5.41, 5.74) is 7.76. The molecule has 0 aromatic heterocycles. The lowest BCUT2D eigenvalue weighted by Gasteiger charge is -2.24. The van der Waals surface area contributed by atoms with E-state index >= 15 is 0 Å². The summed E-state index contributed by atoms with van der Waals surface area (Å²) in [5, 5.41) is 0. The molecule has 1 rings (SSSR count). The van der Waals surface area contributed by atoms with Gasteiger partial charge in [-0.2, -0.15) is 0 Å². The summed E-state index contributed by atoms with van der Waals surface area (Å²) < 4.78 is 5.99. The predicted molar refractivity (Wildman–Crippen MR) is 59.1 cm³/mol. The molecular weight excluding hydrogens is 212 g/mol. The minimum atomic E-state index is 0. The lowest BCUT2D eigenvalue weighted by Crippen LogP contribution is -3.00. The molecule has 0 amide bonds. The van der Waals surface area contributed by atoms with Gasteiger partial charge in [0.15, 0.2) is 0 Å². The van der Waals surface area contributed by atoms with Crippen LogP contribution in [0.4, 0.5) is 5.69 Å². The number of rotatable bonds is 3. The van der Waals surface area contributed by atoms with Gasteiger partial charge in [0, 0.05) is 5.56 Å². The maximum Gasteiger partial charge on any atom is 0.141 e. The van der Waals surface area contributed by atoms with Gasteiger partial charge in [0.1, 0.15) is 12.3 Å². The van der Waals surface area contributed by atoms with Crippen molar-refractivity contribution in [1.29, 1.82) is 0 Å². The molecule has 0 atom stereocenters. The Kier molecular flexibility index (Phi) is 4.91. The topological polar surface area (TPSA) is 35.2 Å². The predicted octanol–water partition coefficient (Wildman–Crippen LogP) is -1.51. The third-order valence-corrected chi connectivity index (χ3v) is 1.95. The third kappa shape index (κ3) is 4.40. The number of nitrogen functional groups attached to an aromatic ring is 1. The molecule has 3 nitrogen and oxygen atoms in total. The number of hydrogen-bond acceptors (Lipinski definition) is 2. The molecular formula is C11H19ClN2O. The SMILES string of the molecule is COc1ccc(C[N+](C)(C)C)cc1N.[Cl-]. The molecule has 4 heteroatoms. The Balaban J connectivity index is 0.00000196. The van der Waals surface area contributed by atoms with E-state index in [9.17, 15) is 0 Å². The van der Waals surface area contributed by atoms with E-state index in [0.29, 0.717) is 5.69 Å². The van der Waals surface area contributed by atoms with Crippen molar-refractivity contribution in [3.05, 3.63) is 23.8 Å². The summed E-state index contributed by atoms with van der Waals surface area (Å²) in [7, 11) is 8.09. The number of benzene rings is 1. The molecule has 0 spiro atoms. The summed E-state index contributed by atoms with van der Waals surface area (Å²) in [6.07, 6.45) is 0. The second-order valence-corrected chi connectivity index (χ2v) is 4.52. The first kappa shape index (κ1) is 14.1.